The maximum atomic E-state index is 2.86. The number of hydrogen-bond acceptors (Lipinski definition) is 2. The predicted molar refractivity (Wildman–Crippen MR) is 116 cm³/mol. The number of rotatable bonds is 7. The van der Waals surface area contributed by atoms with E-state index in [1.54, 1.807) is 0 Å². The van der Waals surface area contributed by atoms with Crippen molar-refractivity contribution in [2.45, 2.75) is 58.8 Å². The zero-order valence-corrected chi connectivity index (χ0v) is 19.7. The van der Waals surface area contributed by atoms with E-state index in [1.807, 2.05) is 0 Å². The lowest BCUT2D eigenvalue weighted by Gasteiger charge is -2.45. The molecule has 1 saturated heterocycles. The topological polar surface area (TPSA) is 6.48 Å². The predicted octanol–water partition coefficient (Wildman–Crippen LogP) is 2.58. The van der Waals surface area contributed by atoms with Gasteiger partial charge in [-0.1, -0.05) is 48.5 Å². The monoisotopic (exact) mass is 448 g/mol. The fourth-order valence-electron chi connectivity index (χ4n) is 4.61. The lowest BCUT2D eigenvalue weighted by Crippen LogP contribution is -3.00. The summed E-state index contributed by atoms with van der Waals surface area (Å²) >= 11 is 0. The van der Waals surface area contributed by atoms with Crippen LogP contribution >= 0.6 is 7.56 Å². The van der Waals surface area contributed by atoms with E-state index in [9.17, 15) is 0 Å². The minimum absolute atomic E-state index is 0. The Kier molecular flexibility index (Phi) is 8.49. The Bertz CT molecular complexity index is 663. The number of halogens is 1. The van der Waals surface area contributed by atoms with Crippen molar-refractivity contribution in [2.24, 2.45) is 0 Å². The molecule has 1 fully saturated rings. The van der Waals surface area contributed by atoms with E-state index >= 15 is 0 Å². The van der Waals surface area contributed by atoms with Crippen LogP contribution in [0.15, 0.2) is 60.7 Å². The van der Waals surface area contributed by atoms with Gasteiger partial charge in [-0.25, -0.2) is 0 Å². The van der Waals surface area contributed by atoms with Crippen molar-refractivity contribution >= 4 is 12.9 Å². The van der Waals surface area contributed by atoms with Crippen LogP contribution in [0.4, 0.5) is 0 Å². The number of benzene rings is 2. The van der Waals surface area contributed by atoms with E-state index in [0.29, 0.717) is 12.1 Å². The summed E-state index contributed by atoms with van der Waals surface area (Å²) in [6.45, 7) is 12.0. The van der Waals surface area contributed by atoms with Crippen LogP contribution in [0.25, 0.3) is 0 Å². The molecule has 1 heterocycles. The lowest BCUT2D eigenvalue weighted by atomic mass is 10.2. The molecule has 1 unspecified atom stereocenters. The Balaban J connectivity index is 0.00000261. The van der Waals surface area contributed by atoms with Crippen LogP contribution in [0.1, 0.15) is 46.1 Å². The summed E-state index contributed by atoms with van der Waals surface area (Å²) < 4.78 is 5.70. The van der Waals surface area contributed by atoms with Crippen molar-refractivity contribution < 1.29 is 17.0 Å². The normalized spacial score (nSPS) is 17.3. The number of hydrogen-bond donors (Lipinski definition) is 0. The molecule has 2 nitrogen and oxygen atoms in total. The maximum Gasteiger partial charge on any atom is 0.190 e. The summed E-state index contributed by atoms with van der Waals surface area (Å²) in [7, 11) is -1.67. The summed E-state index contributed by atoms with van der Waals surface area (Å²) in [4.78, 5) is 0. The molecule has 1 aliphatic heterocycles. The molecular formula is C23H34BrN2P. The molecule has 4 heteroatoms. The lowest BCUT2D eigenvalue weighted by molar-refractivity contribution is -0.00000644. The third-order valence-electron chi connectivity index (χ3n) is 5.41. The first-order chi connectivity index (χ1) is 12.6. The minimum atomic E-state index is -1.67. The Hall–Kier alpha value is -0.730. The second-order valence-electron chi connectivity index (χ2n) is 7.94. The smallest absolute Gasteiger partial charge is 0.190 e. The highest BCUT2D eigenvalue weighted by Crippen LogP contribution is 2.68. The van der Waals surface area contributed by atoms with Gasteiger partial charge in [-0.15, -0.1) is 0 Å². The van der Waals surface area contributed by atoms with Gasteiger partial charge in [0.15, 0.2) is 7.56 Å². The van der Waals surface area contributed by atoms with Gasteiger partial charge in [-0.05, 0) is 58.2 Å². The second-order valence-corrected chi connectivity index (χ2v) is 11.3. The van der Waals surface area contributed by atoms with Crippen molar-refractivity contribution in [1.82, 2.24) is 9.34 Å². The molecule has 0 amide bonds. The van der Waals surface area contributed by atoms with Crippen LogP contribution in [0, 0.1) is 0 Å². The summed E-state index contributed by atoms with van der Waals surface area (Å²) in [6.07, 6.45) is 3.79. The number of nitrogens with zero attached hydrogens (tertiary/aromatic N) is 2. The molecule has 0 aromatic heterocycles. The van der Waals surface area contributed by atoms with Crippen LogP contribution in [0.3, 0.4) is 0 Å². The fraction of sp³-hybridized carbons (Fsp3) is 0.478. The van der Waals surface area contributed by atoms with Gasteiger partial charge >= 0.3 is 0 Å². The first kappa shape index (κ1) is 22.6. The van der Waals surface area contributed by atoms with Gasteiger partial charge in [-0.2, -0.15) is 9.34 Å². The molecule has 0 saturated carbocycles. The van der Waals surface area contributed by atoms with Crippen LogP contribution in [-0.4, -0.2) is 34.5 Å². The van der Waals surface area contributed by atoms with Gasteiger partial charge in [0.25, 0.3) is 0 Å². The summed E-state index contributed by atoms with van der Waals surface area (Å²) in [5, 5.41) is 1.54. The van der Waals surface area contributed by atoms with Gasteiger partial charge in [-0.3, -0.25) is 0 Å². The van der Waals surface area contributed by atoms with E-state index < -0.39 is 7.56 Å². The van der Waals surface area contributed by atoms with Crippen LogP contribution in [0.2, 0.25) is 0 Å². The zero-order chi connectivity index (χ0) is 18.6. The Morgan fingerprint density at radius 1 is 0.815 bits per heavy atom. The molecule has 0 spiro atoms. The molecule has 0 bridgehead atoms. The zero-order valence-electron chi connectivity index (χ0n) is 17.2. The van der Waals surface area contributed by atoms with Crippen molar-refractivity contribution in [3.05, 3.63) is 66.2 Å². The highest BCUT2D eigenvalue weighted by atomic mass is 79.9. The Labute approximate surface area is 177 Å². The van der Waals surface area contributed by atoms with Crippen molar-refractivity contribution in [1.29, 1.82) is 0 Å². The van der Waals surface area contributed by atoms with E-state index in [-0.39, 0.29) is 17.0 Å². The largest absolute Gasteiger partial charge is 1.00 e. The van der Waals surface area contributed by atoms with Crippen molar-refractivity contribution in [3.63, 3.8) is 0 Å². The minimum Gasteiger partial charge on any atom is -1.00 e. The highest BCUT2D eigenvalue weighted by molar-refractivity contribution is 7.78. The first-order valence-corrected chi connectivity index (χ1v) is 12.0. The fourth-order valence-corrected chi connectivity index (χ4v) is 9.89. The van der Waals surface area contributed by atoms with Gasteiger partial charge in [0, 0.05) is 25.2 Å². The van der Waals surface area contributed by atoms with E-state index in [0.717, 1.165) is 6.16 Å². The molecule has 2 aromatic rings. The maximum absolute atomic E-state index is 2.86. The molecule has 1 aliphatic rings. The average molecular weight is 449 g/mol. The van der Waals surface area contributed by atoms with Crippen molar-refractivity contribution in [3.8, 4) is 0 Å². The standard InChI is InChI=1S/C23H34N2P.BrH/c1-20(2)25(21(3)4)26(24-17-11-12-18-24,23-15-9-6-10-16-23)19-22-13-7-5-8-14-22;/h5-10,13-16,20-21H,11-12,17-19H2,1-4H3;1H/q+1;/p-1. The Morgan fingerprint density at radius 2 is 1.30 bits per heavy atom. The van der Waals surface area contributed by atoms with Gasteiger partial charge in [0.1, 0.15) is 11.5 Å². The third kappa shape index (κ3) is 4.82. The van der Waals surface area contributed by atoms with E-state index in [1.165, 1.54) is 36.8 Å². The summed E-state index contributed by atoms with van der Waals surface area (Å²) in [6, 6.07) is 23.5. The molecule has 148 valence electrons. The molecular weight excluding hydrogens is 415 g/mol. The first-order valence-electron chi connectivity index (χ1n) is 10.1. The van der Waals surface area contributed by atoms with Gasteiger partial charge in [0.05, 0.1) is 0 Å². The SMILES string of the molecule is CC(C)N(C(C)C)[P+](Cc1ccccc1)(c1ccccc1)N1CCCC1.[Br-]. The summed E-state index contributed by atoms with van der Waals surface area (Å²) in [5.74, 6) is 0. The second kappa shape index (κ2) is 10.2. The van der Waals surface area contributed by atoms with Crippen LogP contribution in [-0.2, 0) is 6.16 Å². The summed E-state index contributed by atoms with van der Waals surface area (Å²) in [5.41, 5.74) is 1.46. The van der Waals surface area contributed by atoms with Gasteiger partial charge < -0.3 is 17.0 Å². The molecule has 3 rings (SSSR count). The van der Waals surface area contributed by atoms with Crippen LogP contribution in [0.5, 0.6) is 0 Å². The Morgan fingerprint density at radius 3 is 1.78 bits per heavy atom. The van der Waals surface area contributed by atoms with Crippen molar-refractivity contribution in [2.75, 3.05) is 13.1 Å². The molecule has 2 aromatic carbocycles. The van der Waals surface area contributed by atoms with E-state index in [2.05, 4.69) is 97.7 Å². The molecule has 27 heavy (non-hydrogen) atoms. The molecule has 1 atom stereocenters. The van der Waals surface area contributed by atoms with E-state index in [4.69, 9.17) is 0 Å². The van der Waals surface area contributed by atoms with Crippen LogP contribution < -0.4 is 22.3 Å². The highest BCUT2D eigenvalue weighted by Gasteiger charge is 2.55. The molecule has 0 N–H and O–H groups in total. The average Bonchev–Trinajstić information content (AvgIpc) is 3.17. The molecule has 0 radical (unpaired) electrons. The molecule has 0 aliphatic carbocycles. The third-order valence-corrected chi connectivity index (χ3v) is 10.4. The van der Waals surface area contributed by atoms with Gasteiger partial charge in [0.2, 0.25) is 0 Å². The quantitative estimate of drug-likeness (QED) is 0.600.